The molecule has 0 atom stereocenters. The predicted molar refractivity (Wildman–Crippen MR) is 81.0 cm³/mol. The molecule has 1 aliphatic rings. The predicted octanol–water partition coefficient (Wildman–Crippen LogP) is 3.02. The van der Waals surface area contributed by atoms with Crippen molar-refractivity contribution in [3.8, 4) is 0 Å². The Bertz CT molecular complexity index is 361. The van der Waals surface area contributed by atoms with Gasteiger partial charge >= 0.3 is 0 Å². The number of halogens is 1. The Labute approximate surface area is 119 Å². The van der Waals surface area contributed by atoms with Crippen LogP contribution in [-0.4, -0.2) is 49.6 Å². The summed E-state index contributed by atoms with van der Waals surface area (Å²) in [7, 11) is 2.23. The summed E-state index contributed by atoms with van der Waals surface area (Å²) >= 11 is 3.52. The molecule has 1 fully saturated rings. The zero-order valence-corrected chi connectivity index (χ0v) is 12.8. The third-order valence-corrected chi connectivity index (χ3v) is 4.16. The first-order valence-corrected chi connectivity index (χ1v) is 7.69. The average Bonchev–Trinajstić information content (AvgIpc) is 2.87. The van der Waals surface area contributed by atoms with Crippen LogP contribution in [0.4, 0.5) is 0 Å². The van der Waals surface area contributed by atoms with Gasteiger partial charge in [-0.25, -0.2) is 0 Å². The van der Waals surface area contributed by atoms with Gasteiger partial charge in [0.1, 0.15) is 0 Å². The van der Waals surface area contributed by atoms with Crippen LogP contribution in [-0.2, 0) is 6.42 Å². The minimum atomic E-state index is 1.13. The van der Waals surface area contributed by atoms with Crippen LogP contribution < -0.4 is 0 Å². The standard InChI is InChI=1S/C15H23BrN2/c1-17(11-12-18-8-2-3-9-18)10-7-14-5-4-6-15(16)13-14/h4-6,13H,2-3,7-12H2,1H3. The normalized spacial score (nSPS) is 16.6. The van der Waals surface area contributed by atoms with Gasteiger partial charge in [0.25, 0.3) is 0 Å². The maximum Gasteiger partial charge on any atom is 0.0178 e. The second kappa shape index (κ2) is 7.27. The molecule has 0 amide bonds. The van der Waals surface area contributed by atoms with Gasteiger partial charge in [-0.1, -0.05) is 28.1 Å². The van der Waals surface area contributed by atoms with Crippen molar-refractivity contribution in [1.82, 2.24) is 9.80 Å². The lowest BCUT2D eigenvalue weighted by atomic mass is 10.1. The van der Waals surface area contributed by atoms with Crippen LogP contribution >= 0.6 is 15.9 Å². The average molecular weight is 311 g/mol. The lowest BCUT2D eigenvalue weighted by Gasteiger charge is -2.21. The molecular weight excluding hydrogens is 288 g/mol. The first-order chi connectivity index (χ1) is 8.74. The highest BCUT2D eigenvalue weighted by molar-refractivity contribution is 9.10. The van der Waals surface area contributed by atoms with Crippen molar-refractivity contribution in [2.45, 2.75) is 19.3 Å². The fraction of sp³-hybridized carbons (Fsp3) is 0.600. The van der Waals surface area contributed by atoms with Crippen LogP contribution in [0.2, 0.25) is 0 Å². The molecule has 0 radical (unpaired) electrons. The summed E-state index contributed by atoms with van der Waals surface area (Å²) in [6.45, 7) is 6.17. The summed E-state index contributed by atoms with van der Waals surface area (Å²) in [6.07, 6.45) is 3.92. The van der Waals surface area contributed by atoms with E-state index in [-0.39, 0.29) is 0 Å². The maximum atomic E-state index is 3.52. The number of nitrogens with zero attached hydrogens (tertiary/aromatic N) is 2. The van der Waals surface area contributed by atoms with Gasteiger partial charge in [0.05, 0.1) is 0 Å². The summed E-state index contributed by atoms with van der Waals surface area (Å²) < 4.78 is 1.18. The van der Waals surface area contributed by atoms with Gasteiger partial charge < -0.3 is 9.80 Å². The highest BCUT2D eigenvalue weighted by Crippen LogP contribution is 2.12. The SMILES string of the molecule is CN(CCc1cccc(Br)c1)CCN1CCCC1. The smallest absolute Gasteiger partial charge is 0.0178 e. The van der Waals surface area contributed by atoms with Crippen LogP contribution in [0.1, 0.15) is 18.4 Å². The molecule has 18 heavy (non-hydrogen) atoms. The fourth-order valence-electron chi connectivity index (χ4n) is 2.44. The summed E-state index contributed by atoms with van der Waals surface area (Å²) in [5, 5.41) is 0. The van der Waals surface area contributed by atoms with E-state index in [1.165, 1.54) is 49.1 Å². The zero-order valence-electron chi connectivity index (χ0n) is 11.2. The van der Waals surface area contributed by atoms with Crippen LogP contribution in [0.15, 0.2) is 28.7 Å². The van der Waals surface area contributed by atoms with Crippen molar-refractivity contribution in [3.63, 3.8) is 0 Å². The van der Waals surface area contributed by atoms with E-state index in [2.05, 4.69) is 57.0 Å². The molecule has 100 valence electrons. The molecule has 0 unspecified atom stereocenters. The second-order valence-electron chi connectivity index (χ2n) is 5.23. The van der Waals surface area contributed by atoms with Crippen molar-refractivity contribution in [2.75, 3.05) is 39.8 Å². The van der Waals surface area contributed by atoms with Gasteiger partial charge in [0, 0.05) is 24.1 Å². The first kappa shape index (κ1) is 14.0. The Morgan fingerprint density at radius 3 is 2.72 bits per heavy atom. The van der Waals surface area contributed by atoms with Crippen molar-refractivity contribution in [3.05, 3.63) is 34.3 Å². The monoisotopic (exact) mass is 310 g/mol. The highest BCUT2D eigenvalue weighted by Gasteiger charge is 2.11. The molecule has 2 nitrogen and oxygen atoms in total. The summed E-state index contributed by atoms with van der Waals surface area (Å²) in [6, 6.07) is 8.62. The number of rotatable bonds is 6. The molecule has 1 aromatic carbocycles. The molecular formula is C15H23BrN2. The van der Waals surface area contributed by atoms with Gasteiger partial charge in [-0.15, -0.1) is 0 Å². The lowest BCUT2D eigenvalue weighted by molar-refractivity contribution is 0.259. The van der Waals surface area contributed by atoms with Crippen LogP contribution in [0.3, 0.4) is 0 Å². The van der Waals surface area contributed by atoms with E-state index in [0.717, 1.165) is 13.0 Å². The fourth-order valence-corrected chi connectivity index (χ4v) is 2.89. The quantitative estimate of drug-likeness (QED) is 0.797. The molecule has 0 saturated carbocycles. The number of hydrogen-bond donors (Lipinski definition) is 0. The summed E-state index contributed by atoms with van der Waals surface area (Å²) in [5.41, 5.74) is 1.41. The minimum Gasteiger partial charge on any atom is -0.305 e. The van der Waals surface area contributed by atoms with Crippen molar-refractivity contribution in [2.24, 2.45) is 0 Å². The van der Waals surface area contributed by atoms with Crippen LogP contribution in [0.25, 0.3) is 0 Å². The minimum absolute atomic E-state index is 1.13. The number of benzene rings is 1. The maximum absolute atomic E-state index is 3.52. The van der Waals surface area contributed by atoms with E-state index in [0.29, 0.717) is 0 Å². The van der Waals surface area contributed by atoms with E-state index in [1.807, 2.05) is 0 Å². The Morgan fingerprint density at radius 1 is 1.22 bits per heavy atom. The van der Waals surface area contributed by atoms with Gasteiger partial charge in [0.2, 0.25) is 0 Å². The summed E-state index contributed by atoms with van der Waals surface area (Å²) in [5.74, 6) is 0. The zero-order chi connectivity index (χ0) is 12.8. The third-order valence-electron chi connectivity index (χ3n) is 3.67. The second-order valence-corrected chi connectivity index (χ2v) is 6.15. The van der Waals surface area contributed by atoms with Crippen molar-refractivity contribution >= 4 is 15.9 Å². The Hall–Kier alpha value is -0.380. The van der Waals surface area contributed by atoms with E-state index in [9.17, 15) is 0 Å². The lowest BCUT2D eigenvalue weighted by Crippen LogP contribution is -2.32. The van der Waals surface area contributed by atoms with E-state index in [1.54, 1.807) is 0 Å². The van der Waals surface area contributed by atoms with Crippen LogP contribution in [0, 0.1) is 0 Å². The third kappa shape index (κ3) is 4.71. The van der Waals surface area contributed by atoms with Gasteiger partial charge in [-0.3, -0.25) is 0 Å². The number of hydrogen-bond acceptors (Lipinski definition) is 2. The van der Waals surface area contributed by atoms with Gasteiger partial charge in [-0.05, 0) is 57.1 Å². The van der Waals surface area contributed by atoms with Crippen LogP contribution in [0.5, 0.6) is 0 Å². The Balaban J connectivity index is 1.66. The molecule has 1 aromatic rings. The van der Waals surface area contributed by atoms with Gasteiger partial charge in [0.15, 0.2) is 0 Å². The highest BCUT2D eigenvalue weighted by atomic mass is 79.9. The molecule has 1 aliphatic heterocycles. The largest absolute Gasteiger partial charge is 0.305 e. The molecule has 0 spiro atoms. The molecule has 3 heteroatoms. The molecule has 1 heterocycles. The molecule has 2 rings (SSSR count). The molecule has 1 saturated heterocycles. The van der Waals surface area contributed by atoms with E-state index in [4.69, 9.17) is 0 Å². The Kier molecular flexibility index (Phi) is 5.67. The number of likely N-dealkylation sites (tertiary alicyclic amines) is 1. The molecule has 0 N–H and O–H groups in total. The van der Waals surface area contributed by atoms with E-state index >= 15 is 0 Å². The first-order valence-electron chi connectivity index (χ1n) is 6.89. The summed E-state index contributed by atoms with van der Waals surface area (Å²) in [4.78, 5) is 5.02. The molecule has 0 aromatic heterocycles. The van der Waals surface area contributed by atoms with E-state index < -0.39 is 0 Å². The van der Waals surface area contributed by atoms with Crippen molar-refractivity contribution in [1.29, 1.82) is 0 Å². The molecule has 0 bridgehead atoms. The molecule has 0 aliphatic carbocycles. The number of likely N-dealkylation sites (N-methyl/N-ethyl adjacent to an activating group) is 1. The Morgan fingerprint density at radius 2 is 2.00 bits per heavy atom. The van der Waals surface area contributed by atoms with Gasteiger partial charge in [-0.2, -0.15) is 0 Å². The van der Waals surface area contributed by atoms with Crippen molar-refractivity contribution < 1.29 is 0 Å². The topological polar surface area (TPSA) is 6.48 Å².